The molecular weight excluding hydrogens is 590 g/mol. The third-order valence-electron chi connectivity index (χ3n) is 6.43. The van der Waals surface area contributed by atoms with Gasteiger partial charge in [0.15, 0.2) is 0 Å². The Hall–Kier alpha value is -3.58. The molecule has 0 spiro atoms. The molecule has 10 nitrogen and oxygen atoms in total. The lowest BCUT2D eigenvalue weighted by Gasteiger charge is -2.21. The minimum Gasteiger partial charge on any atom is -0.497 e. The van der Waals surface area contributed by atoms with Crippen molar-refractivity contribution in [1.29, 1.82) is 0 Å². The number of sulfone groups is 1. The number of unbranched alkanes of at least 4 members (excludes halogenated alkanes) is 1. The van der Waals surface area contributed by atoms with Gasteiger partial charge in [0.1, 0.15) is 16.3 Å². The maximum absolute atomic E-state index is 13.8. The largest absolute Gasteiger partial charge is 0.497 e. The van der Waals surface area contributed by atoms with Gasteiger partial charge in [-0.3, -0.25) is 9.35 Å². The number of carbonyl (C=O) groups is 1. The first-order chi connectivity index (χ1) is 19.3. The van der Waals surface area contributed by atoms with Crippen LogP contribution in [0.25, 0.3) is 10.9 Å². The molecule has 1 heterocycles. The van der Waals surface area contributed by atoms with Gasteiger partial charge in [0.25, 0.3) is 5.91 Å². The van der Waals surface area contributed by atoms with Crippen molar-refractivity contribution in [3.63, 3.8) is 0 Å². The van der Waals surface area contributed by atoms with Gasteiger partial charge in [-0.05, 0) is 92.4 Å². The van der Waals surface area contributed by atoms with Crippen LogP contribution >= 0.6 is 11.6 Å². The Bertz CT molecular complexity index is 1780. The van der Waals surface area contributed by atoms with Gasteiger partial charge in [-0.15, -0.1) is 0 Å². The Balaban J connectivity index is 1.52. The molecule has 0 saturated carbocycles. The topological polar surface area (TPSA) is 146 Å². The third-order valence-corrected chi connectivity index (χ3v) is 9.43. The molecule has 0 aliphatic carbocycles. The summed E-state index contributed by atoms with van der Waals surface area (Å²) in [6, 6.07) is 15.8. The predicted octanol–water partition coefficient (Wildman–Crippen LogP) is 5.10. The summed E-state index contributed by atoms with van der Waals surface area (Å²) in [5, 5.41) is 3.33. The summed E-state index contributed by atoms with van der Waals surface area (Å²) in [7, 11) is -7.17. The summed E-state index contributed by atoms with van der Waals surface area (Å²) in [6.07, 6.45) is 0.640. The lowest BCUT2D eigenvalue weighted by Crippen LogP contribution is -2.32. The number of H-pyrrole nitrogens is 1. The van der Waals surface area contributed by atoms with Gasteiger partial charge in [0.05, 0.1) is 17.7 Å². The van der Waals surface area contributed by atoms with E-state index in [2.05, 4.69) is 10.3 Å². The van der Waals surface area contributed by atoms with E-state index in [4.69, 9.17) is 16.3 Å². The van der Waals surface area contributed by atoms with Crippen LogP contribution < -0.4 is 14.4 Å². The van der Waals surface area contributed by atoms with Crippen LogP contribution in [0.1, 0.15) is 34.5 Å². The number of aromatic amines is 1. The Labute approximate surface area is 244 Å². The van der Waals surface area contributed by atoms with Crippen LogP contribution in [-0.4, -0.2) is 52.5 Å². The summed E-state index contributed by atoms with van der Waals surface area (Å²) >= 11 is 6.18. The molecule has 0 radical (unpaired) electrons. The van der Waals surface area contributed by atoms with Gasteiger partial charge in [0, 0.05) is 29.0 Å². The molecule has 0 saturated heterocycles. The number of nitrogens with one attached hydrogen (secondary N) is 2. The summed E-state index contributed by atoms with van der Waals surface area (Å²) < 4.78 is 67.2. The van der Waals surface area contributed by atoms with Crippen molar-refractivity contribution in [3.8, 4) is 5.75 Å². The summed E-state index contributed by atoms with van der Waals surface area (Å²) in [6.45, 7) is 3.67. The van der Waals surface area contributed by atoms with Crippen molar-refractivity contribution >= 4 is 54.2 Å². The van der Waals surface area contributed by atoms with Gasteiger partial charge < -0.3 is 15.0 Å². The SMILES string of the molecule is COc1ccc(N(CCCCNC(=O)c2[nH]c3ccc(Cl)cc3c2S(=O)(=O)c2cc(C)cc(C)c2)S(=O)(=O)O)cc1. The van der Waals surface area contributed by atoms with Crippen LogP contribution in [0.15, 0.2) is 70.5 Å². The fourth-order valence-corrected chi connectivity index (χ4v) is 7.29. The van der Waals surface area contributed by atoms with Crippen LogP contribution in [-0.2, 0) is 20.1 Å². The number of hydrogen-bond donors (Lipinski definition) is 3. The first-order valence-electron chi connectivity index (χ1n) is 12.6. The zero-order valence-corrected chi connectivity index (χ0v) is 25.0. The molecule has 1 aromatic heterocycles. The normalized spacial score (nSPS) is 11.9. The second-order valence-electron chi connectivity index (χ2n) is 9.56. The van der Waals surface area contributed by atoms with Gasteiger partial charge in [-0.1, -0.05) is 17.7 Å². The fraction of sp³-hybridized carbons (Fsp3) is 0.250. The highest BCUT2D eigenvalue weighted by Crippen LogP contribution is 2.34. The molecule has 218 valence electrons. The molecular formula is C28H30ClN3O7S2. The standard InChI is InChI=1S/C28H30ClN3O7S2/c1-18-14-19(2)16-23(15-18)40(34,35)27-24-17-20(29)6-11-25(24)31-26(27)28(33)30-12-4-5-13-32(41(36,37)38)21-7-9-22(39-3)10-8-21/h6-11,14-17,31H,4-5,12-13H2,1-3H3,(H,30,33)(H,36,37,38). The second kappa shape index (κ2) is 12.1. The lowest BCUT2D eigenvalue weighted by atomic mass is 10.2. The molecule has 0 unspecified atom stereocenters. The smallest absolute Gasteiger partial charge is 0.359 e. The van der Waals surface area contributed by atoms with Crippen molar-refractivity contribution < 1.29 is 30.9 Å². The van der Waals surface area contributed by atoms with Crippen molar-refractivity contribution in [2.24, 2.45) is 0 Å². The molecule has 13 heteroatoms. The van der Waals surface area contributed by atoms with E-state index in [0.717, 1.165) is 15.4 Å². The number of hydrogen-bond acceptors (Lipinski definition) is 6. The maximum atomic E-state index is 13.8. The summed E-state index contributed by atoms with van der Waals surface area (Å²) in [4.78, 5) is 16.1. The second-order valence-corrected chi connectivity index (χ2v) is 13.2. The zero-order valence-electron chi connectivity index (χ0n) is 22.6. The van der Waals surface area contributed by atoms with Gasteiger partial charge in [-0.25, -0.2) is 12.7 Å². The predicted molar refractivity (Wildman–Crippen MR) is 158 cm³/mol. The minimum atomic E-state index is -4.53. The molecule has 3 N–H and O–H groups in total. The Morgan fingerprint density at radius 2 is 1.63 bits per heavy atom. The Morgan fingerprint density at radius 3 is 2.24 bits per heavy atom. The van der Waals surface area contributed by atoms with E-state index in [1.165, 1.54) is 25.3 Å². The number of fused-ring (bicyclic) bond motifs is 1. The maximum Gasteiger partial charge on any atom is 0.359 e. The van der Waals surface area contributed by atoms with Gasteiger partial charge in [-0.2, -0.15) is 8.42 Å². The zero-order chi connectivity index (χ0) is 29.9. The molecule has 41 heavy (non-hydrogen) atoms. The number of carbonyl (C=O) groups excluding carboxylic acids is 1. The summed E-state index contributed by atoms with van der Waals surface area (Å²) in [5.41, 5.74) is 2.10. The Morgan fingerprint density at radius 1 is 0.976 bits per heavy atom. The third kappa shape index (κ3) is 6.84. The summed E-state index contributed by atoms with van der Waals surface area (Å²) in [5.74, 6) is -0.105. The highest BCUT2D eigenvalue weighted by molar-refractivity contribution is 7.91. The fourth-order valence-electron chi connectivity index (χ4n) is 4.58. The van der Waals surface area contributed by atoms with E-state index in [1.54, 1.807) is 50.2 Å². The minimum absolute atomic E-state index is 0.0434. The van der Waals surface area contributed by atoms with Crippen LogP contribution in [0.2, 0.25) is 5.02 Å². The number of methoxy groups -OCH3 is 1. The van der Waals surface area contributed by atoms with Gasteiger partial charge >= 0.3 is 10.3 Å². The van der Waals surface area contributed by atoms with E-state index >= 15 is 0 Å². The van der Waals surface area contributed by atoms with Gasteiger partial charge in [0.2, 0.25) is 9.84 Å². The Kier molecular flexibility index (Phi) is 8.97. The van der Waals surface area contributed by atoms with Crippen LogP contribution in [0.4, 0.5) is 5.69 Å². The number of anilines is 1. The number of nitrogens with zero attached hydrogens (tertiary/aromatic N) is 1. The molecule has 0 aliphatic rings. The van der Waals surface area contributed by atoms with Crippen molar-refractivity contribution in [2.75, 3.05) is 24.5 Å². The van der Waals surface area contributed by atoms with Crippen molar-refractivity contribution in [1.82, 2.24) is 10.3 Å². The molecule has 0 atom stereocenters. The molecule has 0 aliphatic heterocycles. The molecule has 3 aromatic carbocycles. The van der Waals surface area contributed by atoms with E-state index < -0.39 is 26.0 Å². The average Bonchev–Trinajstić information content (AvgIpc) is 3.29. The van der Waals surface area contributed by atoms with Crippen LogP contribution in [0.3, 0.4) is 0 Å². The van der Waals surface area contributed by atoms with Crippen molar-refractivity contribution in [2.45, 2.75) is 36.5 Å². The lowest BCUT2D eigenvalue weighted by molar-refractivity contribution is 0.0945. The molecule has 1 amide bonds. The first kappa shape index (κ1) is 30.4. The van der Waals surface area contributed by atoms with Crippen LogP contribution in [0, 0.1) is 13.8 Å². The van der Waals surface area contributed by atoms with E-state index in [9.17, 15) is 26.2 Å². The van der Waals surface area contributed by atoms with E-state index in [1.807, 2.05) is 6.07 Å². The molecule has 4 rings (SSSR count). The number of aromatic nitrogens is 1. The number of amides is 1. The average molecular weight is 620 g/mol. The quantitative estimate of drug-likeness (QED) is 0.156. The highest BCUT2D eigenvalue weighted by Gasteiger charge is 2.30. The molecule has 0 bridgehead atoms. The highest BCUT2D eigenvalue weighted by atomic mass is 35.5. The number of rotatable bonds is 11. The van der Waals surface area contributed by atoms with E-state index in [-0.39, 0.29) is 34.3 Å². The number of ether oxygens (including phenoxy) is 1. The van der Waals surface area contributed by atoms with Crippen LogP contribution in [0.5, 0.6) is 5.75 Å². The first-order valence-corrected chi connectivity index (χ1v) is 15.9. The monoisotopic (exact) mass is 619 g/mol. The van der Waals surface area contributed by atoms with Crippen molar-refractivity contribution in [3.05, 3.63) is 82.5 Å². The number of benzene rings is 3. The molecule has 4 aromatic rings. The molecule has 0 fully saturated rings. The van der Waals surface area contributed by atoms with E-state index in [0.29, 0.717) is 34.5 Å². The number of halogens is 1. The number of aryl methyl sites for hydroxylation is 2.